The van der Waals surface area contributed by atoms with Gasteiger partial charge in [0.15, 0.2) is 5.43 Å². The summed E-state index contributed by atoms with van der Waals surface area (Å²) in [7, 11) is 0. The van der Waals surface area contributed by atoms with Crippen molar-refractivity contribution in [3.63, 3.8) is 0 Å². The number of anilines is 1. The molecule has 1 aromatic heterocycles. The molecule has 0 saturated heterocycles. The zero-order chi connectivity index (χ0) is 18.1. The molecule has 128 valence electrons. The highest BCUT2D eigenvalue weighted by molar-refractivity contribution is 6.31. The lowest BCUT2D eigenvalue weighted by molar-refractivity contribution is -0.116. The summed E-state index contributed by atoms with van der Waals surface area (Å²) in [4.78, 5) is 24.6. The van der Waals surface area contributed by atoms with Crippen molar-refractivity contribution >= 4 is 44.9 Å². The molecule has 26 heavy (non-hydrogen) atoms. The Balaban J connectivity index is 1.66. The highest BCUT2D eigenvalue weighted by Crippen LogP contribution is 2.23. The summed E-state index contributed by atoms with van der Waals surface area (Å²) in [6.07, 6.45) is 1.63. The Bertz CT molecular complexity index is 1190. The topological polar surface area (TPSA) is 51.1 Å². The van der Waals surface area contributed by atoms with Crippen LogP contribution in [-0.2, 0) is 11.3 Å². The zero-order valence-corrected chi connectivity index (χ0v) is 14.5. The lowest BCUT2D eigenvalue weighted by atomic mass is 10.1. The molecule has 4 rings (SSSR count). The minimum Gasteiger partial charge on any atom is -0.338 e. The number of carbonyl (C=O) groups excluding carboxylic acids is 1. The second kappa shape index (κ2) is 6.65. The molecule has 0 aliphatic carbocycles. The van der Waals surface area contributed by atoms with Crippen LogP contribution in [0.5, 0.6) is 0 Å². The molecule has 4 aromatic rings. The monoisotopic (exact) mass is 362 g/mol. The van der Waals surface area contributed by atoms with Crippen LogP contribution in [0.1, 0.15) is 0 Å². The third-order valence-electron chi connectivity index (χ3n) is 4.32. The van der Waals surface area contributed by atoms with E-state index in [2.05, 4.69) is 5.32 Å². The van der Waals surface area contributed by atoms with Crippen molar-refractivity contribution in [1.82, 2.24) is 4.57 Å². The van der Waals surface area contributed by atoms with Gasteiger partial charge in [0.2, 0.25) is 5.91 Å². The Morgan fingerprint density at radius 3 is 2.65 bits per heavy atom. The summed E-state index contributed by atoms with van der Waals surface area (Å²) in [6.45, 7) is 0.0988. The number of nitrogens with one attached hydrogen (secondary N) is 1. The van der Waals surface area contributed by atoms with E-state index in [0.29, 0.717) is 15.9 Å². The van der Waals surface area contributed by atoms with Gasteiger partial charge in [-0.2, -0.15) is 0 Å². The Hall–Kier alpha value is -3.11. The van der Waals surface area contributed by atoms with Crippen molar-refractivity contribution in [2.45, 2.75) is 6.54 Å². The first-order valence-electron chi connectivity index (χ1n) is 8.18. The number of fused-ring (bicyclic) bond motifs is 2. The molecule has 1 heterocycles. The van der Waals surface area contributed by atoms with Gasteiger partial charge < -0.3 is 9.88 Å². The summed E-state index contributed by atoms with van der Waals surface area (Å²) in [6, 6.07) is 20.2. The van der Waals surface area contributed by atoms with E-state index in [-0.39, 0.29) is 17.9 Å². The molecular weight excluding hydrogens is 348 g/mol. The van der Waals surface area contributed by atoms with Gasteiger partial charge in [-0.1, -0.05) is 48.0 Å². The van der Waals surface area contributed by atoms with Gasteiger partial charge >= 0.3 is 0 Å². The standard InChI is InChI=1S/C21H15ClN2O2/c22-15-8-9-19-17(12-15)20(25)10-11-24(19)13-21(26)23-18-7-3-5-14-4-1-2-6-16(14)18/h1-12H,13H2,(H,23,26). The molecule has 0 spiro atoms. The second-order valence-corrected chi connectivity index (χ2v) is 6.48. The number of amides is 1. The normalized spacial score (nSPS) is 11.0. The molecule has 5 heteroatoms. The lowest BCUT2D eigenvalue weighted by Crippen LogP contribution is -2.20. The fourth-order valence-electron chi connectivity index (χ4n) is 3.10. The van der Waals surface area contributed by atoms with E-state index in [0.717, 1.165) is 16.5 Å². The minimum atomic E-state index is -0.166. The number of hydrogen-bond acceptors (Lipinski definition) is 2. The van der Waals surface area contributed by atoms with E-state index in [1.54, 1.807) is 29.0 Å². The molecule has 0 aliphatic rings. The molecule has 4 nitrogen and oxygen atoms in total. The smallest absolute Gasteiger partial charge is 0.244 e. The van der Waals surface area contributed by atoms with Crippen molar-refractivity contribution < 1.29 is 4.79 Å². The first-order chi connectivity index (χ1) is 12.6. The number of halogens is 1. The first-order valence-corrected chi connectivity index (χ1v) is 8.56. The van der Waals surface area contributed by atoms with Crippen LogP contribution in [0.3, 0.4) is 0 Å². The van der Waals surface area contributed by atoms with Gasteiger partial charge in [0.25, 0.3) is 0 Å². The van der Waals surface area contributed by atoms with E-state index in [1.165, 1.54) is 6.07 Å². The van der Waals surface area contributed by atoms with Crippen LogP contribution in [0.15, 0.2) is 77.7 Å². The summed E-state index contributed by atoms with van der Waals surface area (Å²) in [5.74, 6) is -0.166. The van der Waals surface area contributed by atoms with Gasteiger partial charge in [-0.3, -0.25) is 9.59 Å². The Morgan fingerprint density at radius 2 is 1.77 bits per heavy atom. The average molecular weight is 363 g/mol. The van der Waals surface area contributed by atoms with Crippen LogP contribution in [-0.4, -0.2) is 10.5 Å². The van der Waals surface area contributed by atoms with Crippen molar-refractivity contribution in [3.8, 4) is 0 Å². The fraction of sp³-hybridized carbons (Fsp3) is 0.0476. The van der Waals surface area contributed by atoms with Crippen molar-refractivity contribution in [2.24, 2.45) is 0 Å². The molecule has 1 N–H and O–H groups in total. The number of aromatic nitrogens is 1. The van der Waals surface area contributed by atoms with Gasteiger partial charge in [-0.15, -0.1) is 0 Å². The van der Waals surface area contributed by atoms with Crippen LogP contribution >= 0.6 is 11.6 Å². The predicted octanol–water partition coefficient (Wildman–Crippen LogP) is 4.45. The van der Waals surface area contributed by atoms with Gasteiger partial charge in [0.1, 0.15) is 6.54 Å². The molecule has 0 bridgehead atoms. The van der Waals surface area contributed by atoms with Crippen LogP contribution in [0.4, 0.5) is 5.69 Å². The quantitative estimate of drug-likeness (QED) is 0.585. The molecule has 3 aromatic carbocycles. The number of rotatable bonds is 3. The van der Waals surface area contributed by atoms with Crippen LogP contribution in [0, 0.1) is 0 Å². The summed E-state index contributed by atoms with van der Waals surface area (Å²) in [5, 5.41) is 6.00. The highest BCUT2D eigenvalue weighted by atomic mass is 35.5. The van der Waals surface area contributed by atoms with Gasteiger partial charge in [-0.05, 0) is 29.7 Å². The number of pyridine rings is 1. The minimum absolute atomic E-state index is 0.0988. The van der Waals surface area contributed by atoms with Crippen LogP contribution in [0.25, 0.3) is 21.7 Å². The van der Waals surface area contributed by atoms with Crippen molar-refractivity contribution in [3.05, 3.63) is 88.2 Å². The van der Waals surface area contributed by atoms with E-state index >= 15 is 0 Å². The average Bonchev–Trinajstić information content (AvgIpc) is 2.64. The highest BCUT2D eigenvalue weighted by Gasteiger charge is 2.09. The molecule has 1 amide bonds. The second-order valence-electron chi connectivity index (χ2n) is 6.04. The predicted molar refractivity (Wildman–Crippen MR) is 106 cm³/mol. The van der Waals surface area contributed by atoms with Crippen LogP contribution in [0.2, 0.25) is 5.02 Å². The van der Waals surface area contributed by atoms with E-state index < -0.39 is 0 Å². The summed E-state index contributed by atoms with van der Waals surface area (Å²) in [5.41, 5.74) is 1.32. The van der Waals surface area contributed by atoms with Crippen LogP contribution < -0.4 is 10.7 Å². The van der Waals surface area contributed by atoms with Crippen molar-refractivity contribution in [1.29, 1.82) is 0 Å². The Morgan fingerprint density at radius 1 is 0.962 bits per heavy atom. The van der Waals surface area contributed by atoms with Gasteiger partial charge in [0.05, 0.1) is 5.52 Å². The zero-order valence-electron chi connectivity index (χ0n) is 13.8. The third-order valence-corrected chi connectivity index (χ3v) is 4.55. The fourth-order valence-corrected chi connectivity index (χ4v) is 3.27. The number of carbonyl (C=O) groups is 1. The molecule has 0 radical (unpaired) electrons. The van der Waals surface area contributed by atoms with E-state index in [9.17, 15) is 9.59 Å². The van der Waals surface area contributed by atoms with Crippen molar-refractivity contribution in [2.75, 3.05) is 5.32 Å². The molecule has 0 atom stereocenters. The molecular formula is C21H15ClN2O2. The maximum absolute atomic E-state index is 12.6. The maximum atomic E-state index is 12.6. The molecule has 0 aliphatic heterocycles. The third kappa shape index (κ3) is 3.07. The summed E-state index contributed by atoms with van der Waals surface area (Å²) < 4.78 is 1.74. The number of nitrogens with zero attached hydrogens (tertiary/aromatic N) is 1. The Labute approximate surface area is 154 Å². The number of benzene rings is 3. The van der Waals surface area contributed by atoms with Gasteiger partial charge in [-0.25, -0.2) is 0 Å². The molecule has 0 fully saturated rings. The summed E-state index contributed by atoms with van der Waals surface area (Å²) >= 11 is 5.98. The lowest BCUT2D eigenvalue weighted by Gasteiger charge is -2.12. The molecule has 0 unspecified atom stereocenters. The Kier molecular flexibility index (Phi) is 4.19. The largest absolute Gasteiger partial charge is 0.338 e. The number of hydrogen-bond donors (Lipinski definition) is 1. The molecule has 0 saturated carbocycles. The van der Waals surface area contributed by atoms with E-state index in [1.807, 2.05) is 42.5 Å². The SMILES string of the molecule is O=C(Cn1ccc(=O)c2cc(Cl)ccc21)Nc1cccc2ccccc12. The first kappa shape index (κ1) is 16.4. The van der Waals surface area contributed by atoms with E-state index in [4.69, 9.17) is 11.6 Å². The maximum Gasteiger partial charge on any atom is 0.244 e. The van der Waals surface area contributed by atoms with Gasteiger partial charge in [0, 0.05) is 33.7 Å².